The second-order valence-electron chi connectivity index (χ2n) is 4.16. The van der Waals surface area contributed by atoms with Crippen LogP contribution in [0.1, 0.15) is 11.1 Å². The Morgan fingerprint density at radius 1 is 1.30 bits per heavy atom. The number of carbonyl (C=O) groups excluding carboxylic acids is 1. The maximum atomic E-state index is 13.0. The van der Waals surface area contributed by atoms with E-state index >= 15 is 0 Å². The summed E-state index contributed by atoms with van der Waals surface area (Å²) in [5.74, 6) is -0.731. The minimum Gasteiger partial charge on any atom is -0.325 e. The van der Waals surface area contributed by atoms with Gasteiger partial charge in [-0.3, -0.25) is 4.79 Å². The lowest BCUT2D eigenvalue weighted by molar-refractivity contribution is -0.115. The zero-order valence-electron chi connectivity index (χ0n) is 10.4. The van der Waals surface area contributed by atoms with Gasteiger partial charge in [0.25, 0.3) is 0 Å². The fourth-order valence-electron chi connectivity index (χ4n) is 1.74. The number of nitriles is 1. The molecule has 0 aliphatic rings. The van der Waals surface area contributed by atoms with Gasteiger partial charge in [-0.25, -0.2) is 4.39 Å². The molecule has 100 valence electrons. The van der Waals surface area contributed by atoms with Gasteiger partial charge in [0.05, 0.1) is 17.7 Å². The molecule has 20 heavy (non-hydrogen) atoms. The van der Waals surface area contributed by atoms with Gasteiger partial charge in [-0.1, -0.05) is 23.7 Å². The second kappa shape index (κ2) is 6.18. The lowest BCUT2D eigenvalue weighted by atomic mass is 10.1. The Bertz CT molecular complexity index is 695. The summed E-state index contributed by atoms with van der Waals surface area (Å²) in [5.41, 5.74) is 1.23. The Morgan fingerprint density at radius 2 is 2.10 bits per heavy atom. The van der Waals surface area contributed by atoms with Crippen LogP contribution in [-0.2, 0) is 11.2 Å². The summed E-state index contributed by atoms with van der Waals surface area (Å²) < 4.78 is 13.0. The van der Waals surface area contributed by atoms with Crippen LogP contribution in [0.4, 0.5) is 10.1 Å². The van der Waals surface area contributed by atoms with Crippen molar-refractivity contribution in [2.24, 2.45) is 0 Å². The van der Waals surface area contributed by atoms with Gasteiger partial charge in [0, 0.05) is 5.02 Å². The van der Waals surface area contributed by atoms with E-state index in [0.717, 1.165) is 0 Å². The predicted octanol–water partition coefficient (Wildman–Crippen LogP) is 3.53. The van der Waals surface area contributed by atoms with Crippen LogP contribution < -0.4 is 5.32 Å². The molecule has 0 bridgehead atoms. The molecular weight excluding hydrogens is 279 g/mol. The molecule has 0 atom stereocenters. The Hall–Kier alpha value is -2.38. The van der Waals surface area contributed by atoms with E-state index in [1.54, 1.807) is 12.1 Å². The Morgan fingerprint density at radius 3 is 2.80 bits per heavy atom. The standard InChI is InChI=1S/C15H10ClFN2O/c16-12-5-4-11(9-18)14(8-12)19-15(20)7-10-2-1-3-13(17)6-10/h1-6,8H,7H2,(H,19,20). The molecule has 0 aliphatic heterocycles. The third-order valence-corrected chi connectivity index (χ3v) is 2.86. The van der Waals surface area contributed by atoms with E-state index < -0.39 is 5.82 Å². The smallest absolute Gasteiger partial charge is 0.228 e. The number of amides is 1. The van der Waals surface area contributed by atoms with Crippen molar-refractivity contribution < 1.29 is 9.18 Å². The highest BCUT2D eigenvalue weighted by Gasteiger charge is 2.09. The maximum absolute atomic E-state index is 13.0. The van der Waals surface area contributed by atoms with Crippen LogP contribution in [0.15, 0.2) is 42.5 Å². The molecule has 0 aromatic heterocycles. The third-order valence-electron chi connectivity index (χ3n) is 2.63. The van der Waals surface area contributed by atoms with Crippen molar-refractivity contribution in [2.45, 2.75) is 6.42 Å². The molecule has 5 heteroatoms. The number of hydrogen-bond acceptors (Lipinski definition) is 2. The molecular formula is C15H10ClFN2O. The lowest BCUT2D eigenvalue weighted by Gasteiger charge is -2.07. The number of benzene rings is 2. The van der Waals surface area contributed by atoms with Crippen molar-refractivity contribution >= 4 is 23.2 Å². The van der Waals surface area contributed by atoms with Crippen LogP contribution in [-0.4, -0.2) is 5.91 Å². The molecule has 1 amide bonds. The summed E-state index contributed by atoms with van der Waals surface area (Å²) in [6.07, 6.45) is 0.0230. The topological polar surface area (TPSA) is 52.9 Å². The molecule has 1 N–H and O–H groups in total. The van der Waals surface area contributed by atoms with Crippen molar-refractivity contribution in [1.29, 1.82) is 5.26 Å². The number of rotatable bonds is 3. The average molecular weight is 289 g/mol. The van der Waals surface area contributed by atoms with Crippen molar-refractivity contribution in [1.82, 2.24) is 0 Å². The number of carbonyl (C=O) groups is 1. The highest BCUT2D eigenvalue weighted by molar-refractivity contribution is 6.31. The number of nitrogens with zero attached hydrogens (tertiary/aromatic N) is 1. The quantitative estimate of drug-likeness (QED) is 0.939. The minimum absolute atomic E-state index is 0.0230. The molecule has 3 nitrogen and oxygen atoms in total. The normalized spacial score (nSPS) is 9.85. The first-order valence-corrected chi connectivity index (χ1v) is 6.20. The van der Waals surface area contributed by atoms with E-state index in [1.807, 2.05) is 6.07 Å². The molecule has 0 heterocycles. The summed E-state index contributed by atoms with van der Waals surface area (Å²) in [5, 5.41) is 12.0. The number of anilines is 1. The van der Waals surface area contributed by atoms with Crippen molar-refractivity contribution in [3.63, 3.8) is 0 Å². The maximum Gasteiger partial charge on any atom is 0.228 e. The molecule has 0 unspecified atom stereocenters. The third kappa shape index (κ3) is 3.56. The van der Waals surface area contributed by atoms with E-state index in [2.05, 4.69) is 5.32 Å². The van der Waals surface area contributed by atoms with Gasteiger partial charge in [-0.05, 0) is 35.9 Å². The van der Waals surface area contributed by atoms with Crippen molar-refractivity contribution in [3.8, 4) is 6.07 Å². The fourth-order valence-corrected chi connectivity index (χ4v) is 1.92. The second-order valence-corrected chi connectivity index (χ2v) is 4.59. The Labute approximate surface area is 120 Å². The van der Waals surface area contributed by atoms with Gasteiger partial charge >= 0.3 is 0 Å². The van der Waals surface area contributed by atoms with Crippen molar-refractivity contribution in [2.75, 3.05) is 5.32 Å². The van der Waals surface area contributed by atoms with Gasteiger partial charge in [0.15, 0.2) is 0 Å². The largest absolute Gasteiger partial charge is 0.325 e. The van der Waals surface area contributed by atoms with Crippen LogP contribution in [0.2, 0.25) is 5.02 Å². The SMILES string of the molecule is N#Cc1ccc(Cl)cc1NC(=O)Cc1cccc(F)c1. The molecule has 0 spiro atoms. The van der Waals surface area contributed by atoms with Gasteiger partial charge in [-0.2, -0.15) is 5.26 Å². The molecule has 2 aromatic rings. The average Bonchev–Trinajstić information content (AvgIpc) is 2.38. The van der Waals surface area contributed by atoms with Crippen LogP contribution in [0.25, 0.3) is 0 Å². The summed E-state index contributed by atoms with van der Waals surface area (Å²) in [6, 6.07) is 12.4. The molecule has 2 rings (SSSR count). The van der Waals surface area contributed by atoms with E-state index in [1.165, 1.54) is 30.3 Å². The molecule has 0 saturated heterocycles. The van der Waals surface area contributed by atoms with E-state index in [0.29, 0.717) is 21.8 Å². The zero-order valence-corrected chi connectivity index (χ0v) is 11.1. The molecule has 2 aromatic carbocycles. The fraction of sp³-hybridized carbons (Fsp3) is 0.0667. The van der Waals surface area contributed by atoms with Crippen LogP contribution >= 0.6 is 11.6 Å². The Balaban J connectivity index is 2.13. The number of hydrogen-bond donors (Lipinski definition) is 1. The predicted molar refractivity (Wildman–Crippen MR) is 74.9 cm³/mol. The highest BCUT2D eigenvalue weighted by Crippen LogP contribution is 2.20. The van der Waals surface area contributed by atoms with E-state index in [9.17, 15) is 9.18 Å². The first-order chi connectivity index (χ1) is 9.58. The zero-order chi connectivity index (χ0) is 14.5. The number of nitrogens with one attached hydrogen (secondary N) is 1. The Kier molecular flexibility index (Phi) is 4.34. The lowest BCUT2D eigenvalue weighted by Crippen LogP contribution is -2.15. The van der Waals surface area contributed by atoms with Crippen LogP contribution in [0.5, 0.6) is 0 Å². The van der Waals surface area contributed by atoms with Gasteiger partial charge in [-0.15, -0.1) is 0 Å². The first kappa shape index (κ1) is 14.0. The molecule has 0 saturated carbocycles. The summed E-state index contributed by atoms with van der Waals surface area (Å²) in [7, 11) is 0. The van der Waals surface area contributed by atoms with Gasteiger partial charge in [0.2, 0.25) is 5.91 Å². The summed E-state index contributed by atoms with van der Waals surface area (Å²) >= 11 is 5.83. The number of halogens is 2. The van der Waals surface area contributed by atoms with Gasteiger partial charge < -0.3 is 5.32 Å². The van der Waals surface area contributed by atoms with E-state index in [4.69, 9.17) is 16.9 Å². The van der Waals surface area contributed by atoms with Crippen molar-refractivity contribution in [3.05, 3.63) is 64.4 Å². The molecule has 0 radical (unpaired) electrons. The molecule has 0 aliphatic carbocycles. The molecule has 0 fully saturated rings. The summed E-state index contributed by atoms with van der Waals surface area (Å²) in [4.78, 5) is 11.9. The van der Waals surface area contributed by atoms with Crippen LogP contribution in [0.3, 0.4) is 0 Å². The minimum atomic E-state index is -0.393. The monoisotopic (exact) mass is 288 g/mol. The van der Waals surface area contributed by atoms with Crippen LogP contribution in [0, 0.1) is 17.1 Å². The summed E-state index contributed by atoms with van der Waals surface area (Å²) in [6.45, 7) is 0. The van der Waals surface area contributed by atoms with Gasteiger partial charge in [0.1, 0.15) is 11.9 Å². The first-order valence-electron chi connectivity index (χ1n) is 5.82. The highest BCUT2D eigenvalue weighted by atomic mass is 35.5. The van der Waals surface area contributed by atoms with E-state index in [-0.39, 0.29) is 12.3 Å².